The second-order valence-electron chi connectivity index (χ2n) is 7.33. The van der Waals surface area contributed by atoms with Crippen LogP contribution >= 0.6 is 0 Å². The lowest BCUT2D eigenvalue weighted by atomic mass is 9.99. The maximum atomic E-state index is 12.8. The van der Waals surface area contributed by atoms with Crippen LogP contribution in [0.15, 0.2) is 52.4 Å². The van der Waals surface area contributed by atoms with Gasteiger partial charge in [-0.25, -0.2) is 9.59 Å². The van der Waals surface area contributed by atoms with Gasteiger partial charge >= 0.3 is 12.0 Å². The van der Waals surface area contributed by atoms with Gasteiger partial charge in [-0.15, -0.1) is 0 Å². The minimum Gasteiger partial charge on any atom is -0.467 e. The molecule has 154 valence electrons. The number of likely N-dealkylation sites (tertiary alicyclic amines) is 1. The summed E-state index contributed by atoms with van der Waals surface area (Å²) in [5.74, 6) is 0.0480. The van der Waals surface area contributed by atoms with Crippen molar-refractivity contribution >= 4 is 12.0 Å². The molecule has 0 aliphatic carbocycles. The van der Waals surface area contributed by atoms with E-state index in [0.29, 0.717) is 23.6 Å². The topological polar surface area (TPSA) is 88.7 Å². The van der Waals surface area contributed by atoms with Gasteiger partial charge in [0, 0.05) is 31.2 Å². The first kappa shape index (κ1) is 19.3. The van der Waals surface area contributed by atoms with Crippen molar-refractivity contribution in [1.29, 1.82) is 0 Å². The first-order valence-electron chi connectivity index (χ1n) is 9.94. The van der Waals surface area contributed by atoms with E-state index in [1.54, 1.807) is 19.1 Å². The van der Waals surface area contributed by atoms with Crippen molar-refractivity contribution in [3.05, 3.63) is 59.4 Å². The summed E-state index contributed by atoms with van der Waals surface area (Å²) in [7, 11) is 2.04. The molecule has 2 aliphatic rings. The van der Waals surface area contributed by atoms with Crippen molar-refractivity contribution in [2.24, 2.45) is 7.05 Å². The lowest BCUT2D eigenvalue weighted by Crippen LogP contribution is -2.48. The van der Waals surface area contributed by atoms with E-state index in [0.717, 1.165) is 19.4 Å². The van der Waals surface area contributed by atoms with Crippen LogP contribution in [0, 0.1) is 0 Å². The molecule has 8 nitrogen and oxygen atoms in total. The fraction of sp³-hybridized carbons (Fsp3) is 0.429. The zero-order valence-electron chi connectivity index (χ0n) is 16.7. The predicted molar refractivity (Wildman–Crippen MR) is 106 cm³/mol. The van der Waals surface area contributed by atoms with Gasteiger partial charge < -0.3 is 24.4 Å². The van der Waals surface area contributed by atoms with E-state index in [1.165, 1.54) is 12.0 Å². The van der Waals surface area contributed by atoms with Crippen molar-refractivity contribution in [1.82, 2.24) is 20.1 Å². The van der Waals surface area contributed by atoms with Gasteiger partial charge in [-0.2, -0.15) is 0 Å². The number of carbonyl (C=O) groups is 2. The summed E-state index contributed by atoms with van der Waals surface area (Å²) in [5.41, 5.74) is 2.18. The maximum Gasteiger partial charge on any atom is 0.338 e. The SMILES string of the molecule is CCOC(=O)C1=C(CN2CCC[C@@H]2c2cccn2C)NC(=O)N[C@@H]1c1ccco1. The zero-order valence-corrected chi connectivity index (χ0v) is 16.7. The molecule has 2 N–H and O–H groups in total. The van der Waals surface area contributed by atoms with Gasteiger partial charge in [-0.1, -0.05) is 0 Å². The Hall–Kier alpha value is -3.00. The summed E-state index contributed by atoms with van der Waals surface area (Å²) >= 11 is 0. The normalized spacial score (nSPS) is 22.5. The smallest absolute Gasteiger partial charge is 0.338 e. The molecular weight excluding hydrogens is 372 g/mol. The summed E-state index contributed by atoms with van der Waals surface area (Å²) in [6.07, 6.45) is 5.66. The Morgan fingerprint density at radius 2 is 2.21 bits per heavy atom. The third kappa shape index (κ3) is 3.80. The Morgan fingerprint density at radius 1 is 1.34 bits per heavy atom. The van der Waals surface area contributed by atoms with Crippen molar-refractivity contribution < 1.29 is 18.7 Å². The number of nitrogens with one attached hydrogen (secondary N) is 2. The predicted octanol–water partition coefficient (Wildman–Crippen LogP) is 2.63. The van der Waals surface area contributed by atoms with E-state index in [4.69, 9.17) is 9.15 Å². The van der Waals surface area contributed by atoms with Crippen molar-refractivity contribution in [2.75, 3.05) is 19.7 Å². The number of urea groups is 1. The third-order valence-electron chi connectivity index (χ3n) is 5.53. The van der Waals surface area contributed by atoms with E-state index in [-0.39, 0.29) is 18.7 Å². The standard InChI is InChI=1S/C21H26N4O4/c1-3-28-20(26)18-14(22-21(27)23-19(18)17-9-6-12-29-17)13-25-11-5-8-16(25)15-7-4-10-24(15)2/h4,6-7,9-10,12,16,19H,3,5,8,11,13H2,1-2H3,(H2,22,23,27)/t16-,19-/m1/s1. The molecule has 0 aromatic carbocycles. The number of rotatable bonds is 6. The highest BCUT2D eigenvalue weighted by molar-refractivity contribution is 5.95. The summed E-state index contributed by atoms with van der Waals surface area (Å²) < 4.78 is 12.9. The Kier molecular flexibility index (Phi) is 5.44. The van der Waals surface area contributed by atoms with Gasteiger partial charge in [0.25, 0.3) is 0 Å². The van der Waals surface area contributed by atoms with Gasteiger partial charge in [0.2, 0.25) is 0 Å². The average Bonchev–Trinajstić information content (AvgIpc) is 3.43. The second-order valence-corrected chi connectivity index (χ2v) is 7.33. The number of aryl methyl sites for hydroxylation is 1. The summed E-state index contributed by atoms with van der Waals surface area (Å²) in [6, 6.07) is 6.84. The van der Waals surface area contributed by atoms with Crippen LogP contribution in [0.1, 0.15) is 43.3 Å². The molecule has 0 spiro atoms. The van der Waals surface area contributed by atoms with E-state index < -0.39 is 12.0 Å². The van der Waals surface area contributed by atoms with E-state index in [9.17, 15) is 9.59 Å². The van der Waals surface area contributed by atoms with Crippen LogP contribution in [0.2, 0.25) is 0 Å². The lowest BCUT2D eigenvalue weighted by molar-refractivity contribution is -0.139. The van der Waals surface area contributed by atoms with Crippen LogP contribution in [-0.2, 0) is 16.6 Å². The minimum absolute atomic E-state index is 0.236. The summed E-state index contributed by atoms with van der Waals surface area (Å²) in [5, 5.41) is 5.63. The van der Waals surface area contributed by atoms with Gasteiger partial charge in [-0.3, -0.25) is 4.90 Å². The van der Waals surface area contributed by atoms with Crippen molar-refractivity contribution in [3.63, 3.8) is 0 Å². The minimum atomic E-state index is -0.677. The van der Waals surface area contributed by atoms with Gasteiger partial charge in [0.15, 0.2) is 0 Å². The largest absolute Gasteiger partial charge is 0.467 e. The zero-order chi connectivity index (χ0) is 20.4. The molecule has 0 unspecified atom stereocenters. The number of nitrogens with zero attached hydrogens (tertiary/aromatic N) is 2. The molecule has 0 bridgehead atoms. The molecule has 2 aromatic heterocycles. The monoisotopic (exact) mass is 398 g/mol. The Morgan fingerprint density at radius 3 is 2.90 bits per heavy atom. The van der Waals surface area contributed by atoms with Crippen LogP contribution in [-0.4, -0.2) is 41.2 Å². The molecule has 8 heteroatoms. The number of amides is 2. The lowest BCUT2D eigenvalue weighted by Gasteiger charge is -2.32. The number of ether oxygens (including phenoxy) is 1. The van der Waals surface area contributed by atoms with Gasteiger partial charge in [0.05, 0.1) is 24.5 Å². The van der Waals surface area contributed by atoms with Crippen LogP contribution in [0.25, 0.3) is 0 Å². The molecule has 0 radical (unpaired) electrons. The fourth-order valence-electron chi connectivity index (χ4n) is 4.24. The summed E-state index contributed by atoms with van der Waals surface area (Å²) in [4.78, 5) is 27.5. The maximum absolute atomic E-state index is 12.8. The highest BCUT2D eigenvalue weighted by atomic mass is 16.5. The first-order valence-corrected chi connectivity index (χ1v) is 9.94. The van der Waals surface area contributed by atoms with Crippen molar-refractivity contribution in [2.45, 2.75) is 31.8 Å². The van der Waals surface area contributed by atoms with Crippen molar-refractivity contribution in [3.8, 4) is 0 Å². The molecule has 4 heterocycles. The second kappa shape index (κ2) is 8.16. The van der Waals surface area contributed by atoms with Crippen LogP contribution in [0.4, 0.5) is 4.79 Å². The molecule has 2 atom stereocenters. The van der Waals surface area contributed by atoms with E-state index in [1.807, 2.05) is 19.3 Å². The van der Waals surface area contributed by atoms with Crippen LogP contribution in [0.3, 0.4) is 0 Å². The number of hydrogen-bond donors (Lipinski definition) is 2. The Balaban J connectivity index is 1.69. The van der Waals surface area contributed by atoms with Gasteiger partial charge in [-0.05, 0) is 50.6 Å². The molecule has 29 heavy (non-hydrogen) atoms. The number of esters is 1. The number of furan rings is 1. The highest BCUT2D eigenvalue weighted by Gasteiger charge is 2.37. The quantitative estimate of drug-likeness (QED) is 0.731. The Bertz CT molecular complexity index is 915. The number of aromatic nitrogens is 1. The van der Waals surface area contributed by atoms with E-state index in [2.05, 4.69) is 26.2 Å². The van der Waals surface area contributed by atoms with E-state index >= 15 is 0 Å². The molecule has 4 rings (SSSR count). The van der Waals surface area contributed by atoms with Gasteiger partial charge in [0.1, 0.15) is 11.8 Å². The van der Waals surface area contributed by atoms with Crippen LogP contribution in [0.5, 0.6) is 0 Å². The van der Waals surface area contributed by atoms with Crippen LogP contribution < -0.4 is 10.6 Å². The molecule has 2 aliphatic heterocycles. The third-order valence-corrected chi connectivity index (χ3v) is 5.53. The molecule has 0 saturated carbocycles. The average molecular weight is 398 g/mol. The molecule has 2 aromatic rings. The molecule has 1 saturated heterocycles. The Labute approximate surface area is 169 Å². The molecular formula is C21H26N4O4. The molecule has 1 fully saturated rings. The number of carbonyl (C=O) groups excluding carboxylic acids is 2. The highest BCUT2D eigenvalue weighted by Crippen LogP contribution is 2.34. The summed E-state index contributed by atoms with van der Waals surface area (Å²) in [6.45, 7) is 3.36. The number of hydrogen-bond acceptors (Lipinski definition) is 5. The first-order chi connectivity index (χ1) is 14.1. The molecule has 2 amide bonds. The fourth-order valence-corrected chi connectivity index (χ4v) is 4.24.